The van der Waals surface area contributed by atoms with Gasteiger partial charge in [-0.3, -0.25) is 19.3 Å². The maximum absolute atomic E-state index is 11.6. The standard InChI is InChI=1S/C13H15NO4/c1-8(15)12-7-11(18-4)5-6-13(12)14(9(2)16)10(3)17/h5-7H,1-4H3. The summed E-state index contributed by atoms with van der Waals surface area (Å²) < 4.78 is 5.02. The highest BCUT2D eigenvalue weighted by molar-refractivity contribution is 6.16. The quantitative estimate of drug-likeness (QED) is 0.766. The highest BCUT2D eigenvalue weighted by Gasteiger charge is 2.21. The summed E-state index contributed by atoms with van der Waals surface area (Å²) in [5.74, 6) is -0.613. The summed E-state index contributed by atoms with van der Waals surface area (Å²) in [4.78, 5) is 35.5. The van der Waals surface area contributed by atoms with Gasteiger partial charge in [0, 0.05) is 19.4 Å². The molecule has 0 N–H and O–H groups in total. The first-order valence-corrected chi connectivity index (χ1v) is 5.38. The number of carbonyl (C=O) groups excluding carboxylic acids is 3. The van der Waals surface area contributed by atoms with Crippen molar-refractivity contribution in [2.24, 2.45) is 0 Å². The van der Waals surface area contributed by atoms with E-state index in [0.29, 0.717) is 5.75 Å². The number of ether oxygens (including phenoxy) is 1. The van der Waals surface area contributed by atoms with Crippen LogP contribution < -0.4 is 9.64 Å². The van der Waals surface area contributed by atoms with E-state index in [-0.39, 0.29) is 17.0 Å². The van der Waals surface area contributed by atoms with Gasteiger partial charge in [0.25, 0.3) is 0 Å². The molecular formula is C13H15NO4. The van der Waals surface area contributed by atoms with Gasteiger partial charge < -0.3 is 4.74 Å². The van der Waals surface area contributed by atoms with E-state index in [2.05, 4.69) is 0 Å². The normalized spacial score (nSPS) is 9.78. The number of benzene rings is 1. The Morgan fingerprint density at radius 3 is 2.00 bits per heavy atom. The van der Waals surface area contributed by atoms with Crippen molar-refractivity contribution in [3.05, 3.63) is 23.8 Å². The zero-order valence-electron chi connectivity index (χ0n) is 10.8. The number of methoxy groups -OCH3 is 1. The SMILES string of the molecule is COc1ccc(N(C(C)=O)C(C)=O)c(C(C)=O)c1. The summed E-state index contributed by atoms with van der Waals surface area (Å²) >= 11 is 0. The molecule has 0 atom stereocenters. The van der Waals surface area contributed by atoms with E-state index < -0.39 is 11.8 Å². The van der Waals surface area contributed by atoms with E-state index in [0.717, 1.165) is 4.90 Å². The lowest BCUT2D eigenvalue weighted by Crippen LogP contribution is -2.34. The molecule has 5 nitrogen and oxygen atoms in total. The molecule has 0 radical (unpaired) electrons. The van der Waals surface area contributed by atoms with Gasteiger partial charge in [0.15, 0.2) is 5.78 Å². The number of Topliss-reactive ketones (excluding diaryl/α,β-unsaturated/α-hetero) is 1. The van der Waals surface area contributed by atoms with E-state index in [9.17, 15) is 14.4 Å². The largest absolute Gasteiger partial charge is 0.497 e. The van der Waals surface area contributed by atoms with Crippen LogP contribution in [-0.4, -0.2) is 24.7 Å². The van der Waals surface area contributed by atoms with Crippen molar-refractivity contribution in [3.8, 4) is 5.75 Å². The average Bonchev–Trinajstić information content (AvgIpc) is 2.28. The van der Waals surface area contributed by atoms with Crippen molar-refractivity contribution in [1.29, 1.82) is 0 Å². The van der Waals surface area contributed by atoms with Crippen LogP contribution in [0.5, 0.6) is 5.75 Å². The number of rotatable bonds is 3. The van der Waals surface area contributed by atoms with Crippen molar-refractivity contribution in [1.82, 2.24) is 0 Å². The molecule has 0 aliphatic carbocycles. The maximum Gasteiger partial charge on any atom is 0.230 e. The summed E-state index contributed by atoms with van der Waals surface area (Å²) in [5, 5.41) is 0. The molecular weight excluding hydrogens is 234 g/mol. The lowest BCUT2D eigenvalue weighted by Gasteiger charge is -2.20. The van der Waals surface area contributed by atoms with Crippen LogP contribution in [0.4, 0.5) is 5.69 Å². The lowest BCUT2D eigenvalue weighted by molar-refractivity contribution is -0.124. The van der Waals surface area contributed by atoms with Crippen LogP contribution in [0.1, 0.15) is 31.1 Å². The predicted octanol–water partition coefficient (Wildman–Crippen LogP) is 1.80. The zero-order chi connectivity index (χ0) is 13.9. The van der Waals surface area contributed by atoms with E-state index in [4.69, 9.17) is 4.74 Å². The van der Waals surface area contributed by atoms with Gasteiger partial charge in [-0.15, -0.1) is 0 Å². The van der Waals surface area contributed by atoms with Crippen molar-refractivity contribution in [2.75, 3.05) is 12.0 Å². The van der Waals surface area contributed by atoms with Crippen LogP contribution in [-0.2, 0) is 9.59 Å². The molecule has 0 unspecified atom stereocenters. The molecule has 0 aliphatic rings. The molecule has 96 valence electrons. The van der Waals surface area contributed by atoms with Gasteiger partial charge in [0.2, 0.25) is 11.8 Å². The molecule has 1 aromatic carbocycles. The topological polar surface area (TPSA) is 63.7 Å². The van der Waals surface area contributed by atoms with Crippen molar-refractivity contribution in [2.45, 2.75) is 20.8 Å². The molecule has 18 heavy (non-hydrogen) atoms. The second-order valence-electron chi connectivity index (χ2n) is 3.81. The summed E-state index contributed by atoms with van der Waals surface area (Å²) in [6.07, 6.45) is 0. The molecule has 0 saturated heterocycles. The van der Waals surface area contributed by atoms with Gasteiger partial charge in [-0.25, -0.2) is 0 Å². The minimum absolute atomic E-state index is 0.239. The Balaban J connectivity index is 3.42. The fourth-order valence-corrected chi connectivity index (χ4v) is 1.68. The second-order valence-corrected chi connectivity index (χ2v) is 3.81. The number of anilines is 1. The second kappa shape index (κ2) is 5.44. The van der Waals surface area contributed by atoms with Gasteiger partial charge in [-0.1, -0.05) is 0 Å². The Labute approximate surface area is 105 Å². The van der Waals surface area contributed by atoms with Crippen molar-refractivity contribution >= 4 is 23.3 Å². The van der Waals surface area contributed by atoms with Crippen LogP contribution in [0.15, 0.2) is 18.2 Å². The highest BCUT2D eigenvalue weighted by atomic mass is 16.5. The molecule has 0 aliphatic heterocycles. The van der Waals surface area contributed by atoms with Gasteiger partial charge in [0.1, 0.15) is 5.75 Å². The monoisotopic (exact) mass is 249 g/mol. The number of ketones is 1. The molecule has 0 fully saturated rings. The fraction of sp³-hybridized carbons (Fsp3) is 0.308. The molecule has 2 amide bonds. The number of nitrogens with zero attached hydrogens (tertiary/aromatic N) is 1. The van der Waals surface area contributed by atoms with Gasteiger partial charge in [-0.05, 0) is 25.1 Å². The predicted molar refractivity (Wildman–Crippen MR) is 66.8 cm³/mol. The van der Waals surface area contributed by atoms with Crippen LogP contribution in [0.25, 0.3) is 0 Å². The molecule has 5 heteroatoms. The lowest BCUT2D eigenvalue weighted by atomic mass is 10.1. The van der Waals surface area contributed by atoms with E-state index in [1.807, 2.05) is 0 Å². The third-order valence-corrected chi connectivity index (χ3v) is 2.45. The number of hydrogen-bond acceptors (Lipinski definition) is 4. The first-order chi connectivity index (χ1) is 8.38. The van der Waals surface area contributed by atoms with E-state index in [1.165, 1.54) is 40.0 Å². The number of carbonyl (C=O) groups is 3. The molecule has 0 aromatic heterocycles. The summed E-state index contributed by atoms with van der Waals surface area (Å²) in [5.41, 5.74) is 0.558. The Bertz CT molecular complexity index is 494. The maximum atomic E-state index is 11.6. The molecule has 0 bridgehead atoms. The third kappa shape index (κ3) is 2.74. The number of hydrogen-bond donors (Lipinski definition) is 0. The number of amides is 2. The summed E-state index contributed by atoms with van der Waals surface area (Å²) in [6.45, 7) is 3.92. The molecule has 0 heterocycles. The first-order valence-electron chi connectivity index (χ1n) is 5.38. The van der Waals surface area contributed by atoms with Gasteiger partial charge in [-0.2, -0.15) is 0 Å². The van der Waals surface area contributed by atoms with Gasteiger partial charge >= 0.3 is 0 Å². The van der Waals surface area contributed by atoms with Crippen LogP contribution in [0, 0.1) is 0 Å². The minimum Gasteiger partial charge on any atom is -0.497 e. The Morgan fingerprint density at radius 1 is 1.06 bits per heavy atom. The smallest absolute Gasteiger partial charge is 0.230 e. The van der Waals surface area contributed by atoms with Crippen molar-refractivity contribution in [3.63, 3.8) is 0 Å². The van der Waals surface area contributed by atoms with Crippen LogP contribution in [0.2, 0.25) is 0 Å². The first kappa shape index (κ1) is 13.9. The fourth-order valence-electron chi connectivity index (χ4n) is 1.68. The zero-order valence-corrected chi connectivity index (χ0v) is 10.8. The molecule has 0 saturated carbocycles. The highest BCUT2D eigenvalue weighted by Crippen LogP contribution is 2.26. The molecule has 1 rings (SSSR count). The third-order valence-electron chi connectivity index (χ3n) is 2.45. The summed E-state index contributed by atoms with van der Waals surface area (Å²) in [6, 6.07) is 4.63. The number of imide groups is 1. The van der Waals surface area contributed by atoms with E-state index >= 15 is 0 Å². The Hall–Kier alpha value is -2.17. The van der Waals surface area contributed by atoms with Crippen LogP contribution >= 0.6 is 0 Å². The van der Waals surface area contributed by atoms with Gasteiger partial charge in [0.05, 0.1) is 12.8 Å². The minimum atomic E-state index is -0.435. The summed E-state index contributed by atoms with van der Waals surface area (Å²) in [7, 11) is 1.48. The van der Waals surface area contributed by atoms with Crippen LogP contribution in [0.3, 0.4) is 0 Å². The molecule has 1 aromatic rings. The Morgan fingerprint density at radius 2 is 1.61 bits per heavy atom. The Kier molecular flexibility index (Phi) is 4.20. The molecule has 0 spiro atoms. The van der Waals surface area contributed by atoms with E-state index in [1.54, 1.807) is 6.07 Å². The average molecular weight is 249 g/mol. The van der Waals surface area contributed by atoms with Crippen molar-refractivity contribution < 1.29 is 19.1 Å².